The number of halogens is 1. The van der Waals surface area contributed by atoms with Crippen molar-refractivity contribution in [2.24, 2.45) is 0 Å². The van der Waals surface area contributed by atoms with Gasteiger partial charge in [0.05, 0.1) is 0 Å². The van der Waals surface area contributed by atoms with Crippen molar-refractivity contribution in [3.63, 3.8) is 0 Å². The van der Waals surface area contributed by atoms with Crippen LogP contribution in [-0.4, -0.2) is 12.6 Å². The van der Waals surface area contributed by atoms with E-state index in [1.165, 1.54) is 24.3 Å². The Morgan fingerprint density at radius 3 is 2.89 bits per heavy atom. The molecule has 0 unspecified atom stereocenters. The first-order chi connectivity index (χ1) is 8.58. The summed E-state index contributed by atoms with van der Waals surface area (Å²) in [6.45, 7) is 5.05. The van der Waals surface area contributed by atoms with Gasteiger partial charge in [0.2, 0.25) is 0 Å². The monoisotopic (exact) mass is 245 g/mol. The molecule has 92 valence electrons. The minimum atomic E-state index is -0.723. The maximum atomic E-state index is 13.1. The Labute approximate surface area is 105 Å². The van der Waals surface area contributed by atoms with E-state index in [0.29, 0.717) is 11.1 Å². The molecule has 0 atom stereocenters. The van der Waals surface area contributed by atoms with Crippen LogP contribution in [0.1, 0.15) is 11.1 Å². The molecule has 1 aromatic rings. The highest BCUT2D eigenvalue weighted by Crippen LogP contribution is 2.13. The molecule has 0 fully saturated rings. The number of hydrogen-bond acceptors (Lipinski definition) is 3. The fourth-order valence-electron chi connectivity index (χ4n) is 1.27. The Bertz CT molecular complexity index is 541. The minimum absolute atomic E-state index is 0.0420. The summed E-state index contributed by atoms with van der Waals surface area (Å²) in [7, 11) is 0. The number of ether oxygens (including phenoxy) is 1. The third-order valence-corrected chi connectivity index (χ3v) is 2.17. The third kappa shape index (κ3) is 3.56. The van der Waals surface area contributed by atoms with Gasteiger partial charge in [0.1, 0.15) is 24.1 Å². The summed E-state index contributed by atoms with van der Waals surface area (Å²) < 4.78 is 17.8. The third-order valence-electron chi connectivity index (χ3n) is 2.17. The lowest BCUT2D eigenvalue weighted by Gasteiger charge is -2.01. The Morgan fingerprint density at radius 1 is 1.61 bits per heavy atom. The van der Waals surface area contributed by atoms with Crippen LogP contribution in [0, 0.1) is 24.1 Å². The lowest BCUT2D eigenvalue weighted by molar-refractivity contribution is -0.137. The minimum Gasteiger partial charge on any atom is -0.457 e. The van der Waals surface area contributed by atoms with Gasteiger partial charge in [-0.25, -0.2) is 9.18 Å². The van der Waals surface area contributed by atoms with E-state index in [1.54, 1.807) is 19.1 Å². The average Bonchev–Trinajstić information content (AvgIpc) is 2.37. The first-order valence-corrected chi connectivity index (χ1v) is 5.24. The van der Waals surface area contributed by atoms with Gasteiger partial charge in [0.15, 0.2) is 0 Å². The van der Waals surface area contributed by atoms with Crippen LogP contribution in [0.5, 0.6) is 0 Å². The highest BCUT2D eigenvalue weighted by molar-refractivity contribution is 5.97. The van der Waals surface area contributed by atoms with Gasteiger partial charge in [-0.3, -0.25) is 0 Å². The first-order valence-electron chi connectivity index (χ1n) is 5.24. The zero-order valence-corrected chi connectivity index (χ0v) is 9.94. The van der Waals surface area contributed by atoms with Crippen molar-refractivity contribution < 1.29 is 13.9 Å². The fraction of sp³-hybridized carbons (Fsp3) is 0.143. The Hall–Kier alpha value is -2.41. The van der Waals surface area contributed by atoms with Crippen LogP contribution in [0.15, 0.2) is 36.4 Å². The quantitative estimate of drug-likeness (QED) is 0.354. The number of aryl methyl sites for hydroxylation is 1. The molecule has 0 saturated carbocycles. The summed E-state index contributed by atoms with van der Waals surface area (Å²) in [6.07, 6.45) is 2.77. The number of esters is 1. The zero-order chi connectivity index (χ0) is 13.5. The Balaban J connectivity index is 2.97. The number of nitriles is 1. The van der Waals surface area contributed by atoms with Crippen LogP contribution in [0.25, 0.3) is 6.08 Å². The van der Waals surface area contributed by atoms with E-state index in [1.807, 2.05) is 0 Å². The predicted octanol–water partition coefficient (Wildman–Crippen LogP) is 2.77. The zero-order valence-electron chi connectivity index (χ0n) is 9.94. The van der Waals surface area contributed by atoms with Crippen molar-refractivity contribution in [1.82, 2.24) is 0 Å². The van der Waals surface area contributed by atoms with Gasteiger partial charge in [0.25, 0.3) is 0 Å². The molecular formula is C14H12FNO2. The van der Waals surface area contributed by atoms with Crippen molar-refractivity contribution in [2.75, 3.05) is 6.61 Å². The molecule has 1 rings (SSSR count). The molecule has 0 bridgehead atoms. The predicted molar refractivity (Wildman–Crippen MR) is 65.9 cm³/mol. The summed E-state index contributed by atoms with van der Waals surface area (Å²) >= 11 is 0. The second-order valence-corrected chi connectivity index (χ2v) is 3.57. The van der Waals surface area contributed by atoms with Crippen LogP contribution < -0.4 is 0 Å². The van der Waals surface area contributed by atoms with Gasteiger partial charge in [-0.1, -0.05) is 18.7 Å². The lowest BCUT2D eigenvalue weighted by atomic mass is 10.1. The molecule has 0 aliphatic heterocycles. The smallest absolute Gasteiger partial charge is 0.349 e. The van der Waals surface area contributed by atoms with Crippen molar-refractivity contribution in [3.05, 3.63) is 53.4 Å². The molecule has 0 N–H and O–H groups in total. The van der Waals surface area contributed by atoms with Gasteiger partial charge < -0.3 is 4.74 Å². The van der Waals surface area contributed by atoms with E-state index in [2.05, 4.69) is 6.58 Å². The molecule has 1 aromatic carbocycles. The summed E-state index contributed by atoms with van der Waals surface area (Å²) in [5.41, 5.74) is 0.879. The highest BCUT2D eigenvalue weighted by Gasteiger charge is 2.10. The number of benzene rings is 1. The van der Waals surface area contributed by atoms with Crippen LogP contribution in [0.2, 0.25) is 0 Å². The first kappa shape index (κ1) is 13.7. The van der Waals surface area contributed by atoms with E-state index in [4.69, 9.17) is 10.00 Å². The van der Waals surface area contributed by atoms with Crippen molar-refractivity contribution in [1.29, 1.82) is 5.26 Å². The van der Waals surface area contributed by atoms with E-state index >= 15 is 0 Å². The van der Waals surface area contributed by atoms with Crippen LogP contribution in [0.3, 0.4) is 0 Å². The van der Waals surface area contributed by atoms with Gasteiger partial charge in [-0.15, -0.1) is 0 Å². The molecule has 0 amide bonds. The highest BCUT2D eigenvalue weighted by atomic mass is 19.1. The second kappa shape index (κ2) is 6.36. The molecule has 3 nitrogen and oxygen atoms in total. The van der Waals surface area contributed by atoms with Gasteiger partial charge >= 0.3 is 5.97 Å². The Morgan fingerprint density at radius 2 is 2.33 bits per heavy atom. The normalized spacial score (nSPS) is 10.6. The van der Waals surface area contributed by atoms with Crippen molar-refractivity contribution >= 4 is 12.0 Å². The molecule has 0 aliphatic carbocycles. The summed E-state index contributed by atoms with van der Waals surface area (Å²) in [5, 5.41) is 8.86. The van der Waals surface area contributed by atoms with E-state index in [-0.39, 0.29) is 18.0 Å². The number of rotatable bonds is 4. The SMILES string of the molecule is C=CCOC(=O)/C(C#N)=C\c1ccc(F)c(C)c1. The van der Waals surface area contributed by atoms with Gasteiger partial charge in [-0.2, -0.15) is 5.26 Å². The van der Waals surface area contributed by atoms with Crippen LogP contribution >= 0.6 is 0 Å². The number of nitrogens with zero attached hydrogens (tertiary/aromatic N) is 1. The van der Waals surface area contributed by atoms with Crippen LogP contribution in [-0.2, 0) is 9.53 Å². The fourth-order valence-corrected chi connectivity index (χ4v) is 1.27. The van der Waals surface area contributed by atoms with E-state index in [9.17, 15) is 9.18 Å². The maximum Gasteiger partial charge on any atom is 0.349 e. The summed E-state index contributed by atoms with van der Waals surface area (Å²) in [5.74, 6) is -1.06. The van der Waals surface area contributed by atoms with Crippen LogP contribution in [0.4, 0.5) is 4.39 Å². The topological polar surface area (TPSA) is 50.1 Å². The van der Waals surface area contributed by atoms with E-state index in [0.717, 1.165) is 0 Å². The van der Waals surface area contributed by atoms with E-state index < -0.39 is 5.97 Å². The molecule has 0 saturated heterocycles. The number of carbonyl (C=O) groups excluding carboxylic acids is 1. The van der Waals surface area contributed by atoms with Gasteiger partial charge in [-0.05, 0) is 36.3 Å². The standard InChI is InChI=1S/C14H12FNO2/c1-3-6-18-14(17)12(9-16)8-11-4-5-13(15)10(2)7-11/h3-5,7-8H,1,6H2,2H3/b12-8-. The molecule has 4 heteroatoms. The summed E-state index contributed by atoms with van der Waals surface area (Å²) in [6, 6.07) is 6.07. The molecule has 0 radical (unpaired) electrons. The molecule has 0 aromatic heterocycles. The molecule has 0 aliphatic rings. The Kier molecular flexibility index (Phi) is 4.82. The number of carbonyl (C=O) groups is 1. The lowest BCUT2D eigenvalue weighted by Crippen LogP contribution is -2.06. The molecule has 0 spiro atoms. The molecule has 18 heavy (non-hydrogen) atoms. The largest absolute Gasteiger partial charge is 0.457 e. The number of hydrogen-bond donors (Lipinski definition) is 0. The van der Waals surface area contributed by atoms with Crippen molar-refractivity contribution in [3.8, 4) is 6.07 Å². The average molecular weight is 245 g/mol. The maximum absolute atomic E-state index is 13.1. The summed E-state index contributed by atoms with van der Waals surface area (Å²) in [4.78, 5) is 11.5. The second-order valence-electron chi connectivity index (χ2n) is 3.57. The van der Waals surface area contributed by atoms with Gasteiger partial charge in [0, 0.05) is 0 Å². The molecular weight excluding hydrogens is 233 g/mol. The molecule has 0 heterocycles. The van der Waals surface area contributed by atoms with Crippen molar-refractivity contribution in [2.45, 2.75) is 6.92 Å².